The number of carbonyl (C=O) groups excluding carboxylic acids is 1. The second-order valence-electron chi connectivity index (χ2n) is 5.88. The van der Waals surface area contributed by atoms with Gasteiger partial charge in [-0.25, -0.2) is 0 Å². The molecule has 2 aromatic heterocycles. The molecule has 1 amide bonds. The van der Waals surface area contributed by atoms with Gasteiger partial charge < -0.3 is 14.2 Å². The van der Waals surface area contributed by atoms with Gasteiger partial charge in [-0.3, -0.25) is 9.89 Å². The van der Waals surface area contributed by atoms with Crippen molar-refractivity contribution >= 4 is 5.91 Å². The van der Waals surface area contributed by atoms with Crippen molar-refractivity contribution in [1.29, 1.82) is 0 Å². The second-order valence-corrected chi connectivity index (χ2v) is 5.88. The highest BCUT2D eigenvalue weighted by molar-refractivity contribution is 5.77. The number of hydrogen-bond acceptors (Lipinski definition) is 5. The van der Waals surface area contributed by atoms with Crippen molar-refractivity contribution in [3.63, 3.8) is 0 Å². The van der Waals surface area contributed by atoms with E-state index in [0.29, 0.717) is 31.9 Å². The molecule has 1 N–H and O–H groups in total. The Morgan fingerprint density at radius 2 is 2.16 bits per heavy atom. The molecule has 0 unspecified atom stereocenters. The summed E-state index contributed by atoms with van der Waals surface area (Å²) in [5.74, 6) is 1.46. The molecule has 1 aliphatic heterocycles. The van der Waals surface area contributed by atoms with Gasteiger partial charge in [0, 0.05) is 36.8 Å². The molecule has 4 rings (SSSR count). The van der Waals surface area contributed by atoms with Gasteiger partial charge in [0.05, 0.1) is 19.2 Å². The molecule has 0 saturated carbocycles. The maximum Gasteiger partial charge on any atom is 0.226 e. The SMILES string of the molecule is O=C(CCOc1ccccc1)N1CCc2[nH]nc(-c3ccno3)c2C1. The number of hydrogen-bond donors (Lipinski definition) is 1. The van der Waals surface area contributed by atoms with Crippen molar-refractivity contribution in [2.24, 2.45) is 0 Å². The monoisotopic (exact) mass is 338 g/mol. The van der Waals surface area contributed by atoms with Crippen LogP contribution in [0.4, 0.5) is 0 Å². The van der Waals surface area contributed by atoms with Crippen molar-refractivity contribution in [2.45, 2.75) is 19.4 Å². The maximum absolute atomic E-state index is 12.5. The van der Waals surface area contributed by atoms with Crippen LogP contribution in [0.2, 0.25) is 0 Å². The number of aromatic amines is 1. The summed E-state index contributed by atoms with van der Waals surface area (Å²) < 4.78 is 10.8. The molecule has 3 heterocycles. The fourth-order valence-electron chi connectivity index (χ4n) is 2.98. The van der Waals surface area contributed by atoms with E-state index in [4.69, 9.17) is 9.26 Å². The molecule has 1 aliphatic rings. The highest BCUT2D eigenvalue weighted by atomic mass is 16.5. The number of aromatic nitrogens is 3. The Bertz CT molecular complexity index is 843. The Morgan fingerprint density at radius 3 is 2.96 bits per heavy atom. The molecule has 1 aromatic carbocycles. The Balaban J connectivity index is 1.38. The van der Waals surface area contributed by atoms with E-state index in [2.05, 4.69) is 15.4 Å². The largest absolute Gasteiger partial charge is 0.493 e. The number of nitrogens with zero attached hydrogens (tertiary/aromatic N) is 3. The van der Waals surface area contributed by atoms with Crippen LogP contribution in [0.15, 0.2) is 47.1 Å². The van der Waals surface area contributed by atoms with Gasteiger partial charge >= 0.3 is 0 Å². The van der Waals surface area contributed by atoms with Crippen LogP contribution < -0.4 is 4.74 Å². The molecule has 7 nitrogen and oxygen atoms in total. The summed E-state index contributed by atoms with van der Waals surface area (Å²) in [5, 5.41) is 11.1. The van der Waals surface area contributed by atoms with Crippen LogP contribution in [-0.4, -0.2) is 39.3 Å². The van der Waals surface area contributed by atoms with Gasteiger partial charge in [-0.15, -0.1) is 0 Å². The number of carbonyl (C=O) groups is 1. The number of para-hydroxylation sites is 1. The van der Waals surface area contributed by atoms with Gasteiger partial charge in [0.1, 0.15) is 11.4 Å². The molecule has 0 bridgehead atoms. The lowest BCUT2D eigenvalue weighted by Crippen LogP contribution is -2.36. The summed E-state index contributed by atoms with van der Waals surface area (Å²) in [4.78, 5) is 14.3. The molecule has 7 heteroatoms. The van der Waals surface area contributed by atoms with Crippen LogP contribution in [-0.2, 0) is 17.8 Å². The first-order chi connectivity index (χ1) is 12.3. The number of H-pyrrole nitrogens is 1. The highest BCUT2D eigenvalue weighted by Crippen LogP contribution is 2.28. The second kappa shape index (κ2) is 6.80. The Hall–Kier alpha value is -3.09. The third-order valence-electron chi connectivity index (χ3n) is 4.29. The van der Waals surface area contributed by atoms with E-state index in [1.54, 1.807) is 12.3 Å². The lowest BCUT2D eigenvalue weighted by molar-refractivity contribution is -0.132. The van der Waals surface area contributed by atoms with E-state index in [0.717, 1.165) is 29.1 Å². The van der Waals surface area contributed by atoms with Gasteiger partial charge in [-0.1, -0.05) is 23.4 Å². The predicted octanol–water partition coefficient (Wildman–Crippen LogP) is 2.42. The van der Waals surface area contributed by atoms with E-state index < -0.39 is 0 Å². The first-order valence-corrected chi connectivity index (χ1v) is 8.24. The van der Waals surface area contributed by atoms with Crippen molar-refractivity contribution in [1.82, 2.24) is 20.3 Å². The summed E-state index contributed by atoms with van der Waals surface area (Å²) in [5.41, 5.74) is 2.78. The molecular formula is C18H18N4O3. The average Bonchev–Trinajstić information content (AvgIpc) is 3.31. The van der Waals surface area contributed by atoms with E-state index in [9.17, 15) is 4.79 Å². The lowest BCUT2D eigenvalue weighted by Gasteiger charge is -2.27. The quantitative estimate of drug-likeness (QED) is 0.772. The van der Waals surface area contributed by atoms with E-state index in [1.807, 2.05) is 35.2 Å². The summed E-state index contributed by atoms with van der Waals surface area (Å²) >= 11 is 0. The summed E-state index contributed by atoms with van der Waals surface area (Å²) in [6.07, 6.45) is 2.69. The van der Waals surface area contributed by atoms with Gasteiger partial charge in [0.2, 0.25) is 5.91 Å². The number of benzene rings is 1. The first kappa shape index (κ1) is 15.4. The molecule has 128 valence electrons. The third kappa shape index (κ3) is 3.26. The van der Waals surface area contributed by atoms with E-state index >= 15 is 0 Å². The van der Waals surface area contributed by atoms with Gasteiger partial charge in [0.25, 0.3) is 0 Å². The van der Waals surface area contributed by atoms with Crippen LogP contribution >= 0.6 is 0 Å². The number of fused-ring (bicyclic) bond motifs is 1. The summed E-state index contributed by atoms with van der Waals surface area (Å²) in [7, 11) is 0. The third-order valence-corrected chi connectivity index (χ3v) is 4.29. The summed E-state index contributed by atoms with van der Waals surface area (Å²) in [6.45, 7) is 1.56. The molecule has 0 fully saturated rings. The van der Waals surface area contributed by atoms with Crippen LogP contribution in [0.1, 0.15) is 17.7 Å². The molecular weight excluding hydrogens is 320 g/mol. The van der Waals surface area contributed by atoms with E-state index in [-0.39, 0.29) is 5.91 Å². The fraction of sp³-hybridized carbons (Fsp3) is 0.278. The molecule has 0 aliphatic carbocycles. The number of ether oxygens (including phenoxy) is 1. The van der Waals surface area contributed by atoms with Crippen molar-refractivity contribution in [2.75, 3.05) is 13.2 Å². The Morgan fingerprint density at radius 1 is 1.28 bits per heavy atom. The van der Waals surface area contributed by atoms with Gasteiger partial charge in [0.15, 0.2) is 5.76 Å². The Labute approximate surface area is 144 Å². The molecule has 3 aromatic rings. The highest BCUT2D eigenvalue weighted by Gasteiger charge is 2.26. The first-order valence-electron chi connectivity index (χ1n) is 8.24. The maximum atomic E-state index is 12.5. The topological polar surface area (TPSA) is 84.2 Å². The Kier molecular flexibility index (Phi) is 4.20. The lowest BCUT2D eigenvalue weighted by atomic mass is 10.0. The average molecular weight is 338 g/mol. The van der Waals surface area contributed by atoms with Crippen molar-refractivity contribution in [3.8, 4) is 17.2 Å². The predicted molar refractivity (Wildman–Crippen MR) is 89.8 cm³/mol. The van der Waals surface area contributed by atoms with Gasteiger partial charge in [-0.05, 0) is 12.1 Å². The molecule has 0 radical (unpaired) electrons. The van der Waals surface area contributed by atoms with Crippen LogP contribution in [0.25, 0.3) is 11.5 Å². The normalized spacial score (nSPS) is 13.5. The van der Waals surface area contributed by atoms with E-state index in [1.165, 1.54) is 0 Å². The standard InChI is InChI=1S/C18H18N4O3/c23-17(8-11-24-13-4-2-1-3-5-13)22-10-7-15-14(12-22)18(21-20-15)16-6-9-19-25-16/h1-6,9H,7-8,10-12H2,(H,20,21). The summed E-state index contributed by atoms with van der Waals surface area (Å²) in [6, 6.07) is 11.3. The van der Waals surface area contributed by atoms with Gasteiger partial charge in [-0.2, -0.15) is 5.10 Å². The molecule has 25 heavy (non-hydrogen) atoms. The fourth-order valence-corrected chi connectivity index (χ4v) is 2.98. The minimum atomic E-state index is 0.0753. The number of rotatable bonds is 5. The van der Waals surface area contributed by atoms with Crippen LogP contribution in [0.5, 0.6) is 5.75 Å². The number of nitrogens with one attached hydrogen (secondary N) is 1. The zero-order valence-corrected chi connectivity index (χ0v) is 13.6. The molecule has 0 atom stereocenters. The smallest absolute Gasteiger partial charge is 0.226 e. The molecule has 0 saturated heterocycles. The van der Waals surface area contributed by atoms with Crippen molar-refractivity contribution in [3.05, 3.63) is 53.9 Å². The zero-order chi connectivity index (χ0) is 17.1. The molecule has 0 spiro atoms. The minimum Gasteiger partial charge on any atom is -0.493 e. The van der Waals surface area contributed by atoms with Crippen LogP contribution in [0.3, 0.4) is 0 Å². The van der Waals surface area contributed by atoms with Crippen LogP contribution in [0, 0.1) is 0 Å². The zero-order valence-electron chi connectivity index (χ0n) is 13.6. The van der Waals surface area contributed by atoms with Crippen molar-refractivity contribution < 1.29 is 14.1 Å². The number of amides is 1. The minimum absolute atomic E-state index is 0.0753.